The van der Waals surface area contributed by atoms with Gasteiger partial charge in [0, 0.05) is 13.1 Å². The summed E-state index contributed by atoms with van der Waals surface area (Å²) in [5, 5.41) is 0. The van der Waals surface area contributed by atoms with Crippen LogP contribution in [0.5, 0.6) is 0 Å². The summed E-state index contributed by atoms with van der Waals surface area (Å²) in [6, 6.07) is 3.52. The van der Waals surface area contributed by atoms with Crippen LogP contribution in [-0.2, 0) is 10.0 Å². The SMILES string of the molecule is CC1(C)CCN(S(=O)(=O)c2ccc(F)c(N)c2)C1. The predicted octanol–water partition coefficient (Wildman–Crippen LogP) is 1.83. The first-order valence-corrected chi connectivity index (χ1v) is 7.22. The zero-order chi connectivity index (χ0) is 13.6. The molecule has 1 aliphatic rings. The molecule has 100 valence electrons. The average molecular weight is 272 g/mol. The van der Waals surface area contributed by atoms with Gasteiger partial charge in [0.2, 0.25) is 10.0 Å². The Kier molecular flexibility index (Phi) is 3.11. The highest BCUT2D eigenvalue weighted by Crippen LogP contribution is 2.33. The molecule has 18 heavy (non-hydrogen) atoms. The molecular formula is C12H17FN2O2S. The maximum absolute atomic E-state index is 13.1. The van der Waals surface area contributed by atoms with E-state index in [0.29, 0.717) is 13.1 Å². The molecule has 4 nitrogen and oxygen atoms in total. The minimum atomic E-state index is -3.56. The molecule has 0 spiro atoms. The van der Waals surface area contributed by atoms with E-state index in [-0.39, 0.29) is 16.0 Å². The van der Waals surface area contributed by atoms with E-state index in [2.05, 4.69) is 0 Å². The van der Waals surface area contributed by atoms with Gasteiger partial charge in [-0.25, -0.2) is 12.8 Å². The third-order valence-corrected chi connectivity index (χ3v) is 5.09. The lowest BCUT2D eigenvalue weighted by Crippen LogP contribution is -2.30. The Morgan fingerprint density at radius 3 is 2.56 bits per heavy atom. The van der Waals surface area contributed by atoms with E-state index in [9.17, 15) is 12.8 Å². The normalized spacial score (nSPS) is 20.2. The van der Waals surface area contributed by atoms with E-state index in [0.717, 1.165) is 12.5 Å². The Labute approximate surface area is 107 Å². The molecule has 0 bridgehead atoms. The topological polar surface area (TPSA) is 63.4 Å². The van der Waals surface area contributed by atoms with Crippen LogP contribution < -0.4 is 5.73 Å². The van der Waals surface area contributed by atoms with Gasteiger partial charge in [-0.05, 0) is 30.0 Å². The number of hydrogen-bond acceptors (Lipinski definition) is 3. The fraction of sp³-hybridized carbons (Fsp3) is 0.500. The van der Waals surface area contributed by atoms with Crippen molar-refractivity contribution in [3.05, 3.63) is 24.0 Å². The zero-order valence-electron chi connectivity index (χ0n) is 10.5. The number of hydrogen-bond donors (Lipinski definition) is 1. The number of halogens is 1. The molecule has 0 radical (unpaired) electrons. The summed E-state index contributed by atoms with van der Waals surface area (Å²) in [6.07, 6.45) is 0.822. The number of benzene rings is 1. The molecule has 2 N–H and O–H groups in total. The van der Waals surface area contributed by atoms with Crippen molar-refractivity contribution in [3.8, 4) is 0 Å². The van der Waals surface area contributed by atoms with Gasteiger partial charge in [0.25, 0.3) is 0 Å². The summed E-state index contributed by atoms with van der Waals surface area (Å²) in [5.74, 6) is -0.601. The molecule has 0 saturated carbocycles. The third kappa shape index (κ3) is 2.35. The zero-order valence-corrected chi connectivity index (χ0v) is 11.3. The summed E-state index contributed by atoms with van der Waals surface area (Å²) in [5.41, 5.74) is 5.25. The van der Waals surface area contributed by atoms with Gasteiger partial charge in [0.05, 0.1) is 10.6 Å². The summed E-state index contributed by atoms with van der Waals surface area (Å²) in [4.78, 5) is 0.0547. The lowest BCUT2D eigenvalue weighted by Gasteiger charge is -2.19. The number of nitrogen functional groups attached to an aromatic ring is 1. The van der Waals surface area contributed by atoms with Gasteiger partial charge >= 0.3 is 0 Å². The monoisotopic (exact) mass is 272 g/mol. The molecule has 1 fully saturated rings. The second-order valence-electron chi connectivity index (χ2n) is 5.44. The van der Waals surface area contributed by atoms with Crippen LogP contribution in [0.4, 0.5) is 10.1 Å². The first kappa shape index (κ1) is 13.3. The number of rotatable bonds is 2. The molecule has 2 rings (SSSR count). The highest BCUT2D eigenvalue weighted by Gasteiger charge is 2.36. The van der Waals surface area contributed by atoms with Crippen molar-refractivity contribution in [2.75, 3.05) is 18.8 Å². The maximum Gasteiger partial charge on any atom is 0.243 e. The van der Waals surface area contributed by atoms with E-state index >= 15 is 0 Å². The minimum absolute atomic E-state index is 0.0152. The molecule has 0 aromatic heterocycles. The molecule has 0 atom stereocenters. The molecule has 1 heterocycles. The number of sulfonamides is 1. The first-order chi connectivity index (χ1) is 8.22. The van der Waals surface area contributed by atoms with Crippen molar-refractivity contribution < 1.29 is 12.8 Å². The predicted molar refractivity (Wildman–Crippen MR) is 68.0 cm³/mol. The lowest BCUT2D eigenvalue weighted by atomic mass is 9.93. The Hall–Kier alpha value is -1.14. The largest absolute Gasteiger partial charge is 0.396 e. The highest BCUT2D eigenvalue weighted by atomic mass is 32.2. The fourth-order valence-electron chi connectivity index (χ4n) is 2.10. The van der Waals surface area contributed by atoms with Gasteiger partial charge in [-0.2, -0.15) is 4.31 Å². The molecular weight excluding hydrogens is 255 g/mol. The van der Waals surface area contributed by atoms with Gasteiger partial charge in [0.15, 0.2) is 0 Å². The van der Waals surface area contributed by atoms with Crippen LogP contribution in [-0.4, -0.2) is 25.8 Å². The molecule has 1 saturated heterocycles. The minimum Gasteiger partial charge on any atom is -0.396 e. The molecule has 0 amide bonds. The van der Waals surface area contributed by atoms with E-state index in [1.165, 1.54) is 16.4 Å². The summed E-state index contributed by atoms with van der Waals surface area (Å²) in [7, 11) is -3.56. The Bertz CT molecular complexity index is 569. The molecule has 0 unspecified atom stereocenters. The number of anilines is 1. The van der Waals surface area contributed by atoms with Crippen molar-refractivity contribution in [3.63, 3.8) is 0 Å². The Morgan fingerprint density at radius 1 is 1.39 bits per heavy atom. The van der Waals surface area contributed by atoms with Crippen molar-refractivity contribution in [2.24, 2.45) is 5.41 Å². The second kappa shape index (κ2) is 4.20. The van der Waals surface area contributed by atoms with Crippen LogP contribution in [0.25, 0.3) is 0 Å². The summed E-state index contributed by atoms with van der Waals surface area (Å²) < 4.78 is 39.2. The van der Waals surface area contributed by atoms with Crippen molar-refractivity contribution in [1.29, 1.82) is 0 Å². The average Bonchev–Trinajstić information content (AvgIpc) is 2.63. The molecule has 6 heteroatoms. The molecule has 1 aromatic rings. The molecule has 0 aliphatic carbocycles. The van der Waals surface area contributed by atoms with Crippen molar-refractivity contribution in [2.45, 2.75) is 25.2 Å². The van der Waals surface area contributed by atoms with Gasteiger partial charge in [-0.1, -0.05) is 13.8 Å². The van der Waals surface area contributed by atoms with Gasteiger partial charge < -0.3 is 5.73 Å². The lowest BCUT2D eigenvalue weighted by molar-refractivity contribution is 0.375. The van der Waals surface area contributed by atoms with Crippen LogP contribution in [0.3, 0.4) is 0 Å². The highest BCUT2D eigenvalue weighted by molar-refractivity contribution is 7.89. The van der Waals surface area contributed by atoms with E-state index in [1.54, 1.807) is 0 Å². The van der Waals surface area contributed by atoms with Crippen LogP contribution >= 0.6 is 0 Å². The van der Waals surface area contributed by atoms with E-state index in [4.69, 9.17) is 5.73 Å². The summed E-state index contributed by atoms with van der Waals surface area (Å²) >= 11 is 0. The standard InChI is InChI=1S/C12H17FN2O2S/c1-12(2)5-6-15(8-12)18(16,17)9-3-4-10(13)11(14)7-9/h3-4,7H,5-6,8,14H2,1-2H3. The van der Waals surface area contributed by atoms with Gasteiger partial charge in [0.1, 0.15) is 5.82 Å². The second-order valence-corrected chi connectivity index (χ2v) is 7.37. The Balaban J connectivity index is 2.34. The van der Waals surface area contributed by atoms with Crippen LogP contribution in [0.2, 0.25) is 0 Å². The quantitative estimate of drug-likeness (QED) is 0.835. The number of nitrogens with two attached hydrogens (primary N) is 1. The number of nitrogens with zero attached hydrogens (tertiary/aromatic N) is 1. The maximum atomic E-state index is 13.1. The van der Waals surface area contributed by atoms with Gasteiger partial charge in [-0.15, -0.1) is 0 Å². The van der Waals surface area contributed by atoms with Crippen molar-refractivity contribution in [1.82, 2.24) is 4.31 Å². The van der Waals surface area contributed by atoms with Crippen LogP contribution in [0, 0.1) is 11.2 Å². The molecule has 1 aliphatic heterocycles. The summed E-state index contributed by atoms with van der Waals surface area (Å²) in [6.45, 7) is 5.03. The van der Waals surface area contributed by atoms with E-state index in [1.807, 2.05) is 13.8 Å². The first-order valence-electron chi connectivity index (χ1n) is 5.78. The Morgan fingerprint density at radius 2 is 2.06 bits per heavy atom. The van der Waals surface area contributed by atoms with Gasteiger partial charge in [-0.3, -0.25) is 0 Å². The van der Waals surface area contributed by atoms with Crippen LogP contribution in [0.15, 0.2) is 23.1 Å². The van der Waals surface area contributed by atoms with Crippen LogP contribution in [0.1, 0.15) is 20.3 Å². The third-order valence-electron chi connectivity index (χ3n) is 3.25. The van der Waals surface area contributed by atoms with E-state index < -0.39 is 15.8 Å². The fourth-order valence-corrected chi connectivity index (χ4v) is 3.76. The van der Waals surface area contributed by atoms with Crippen molar-refractivity contribution >= 4 is 15.7 Å². The smallest absolute Gasteiger partial charge is 0.243 e. The molecule has 1 aromatic carbocycles.